The maximum absolute atomic E-state index is 15.4. The van der Waals surface area contributed by atoms with Crippen LogP contribution in [0.2, 0.25) is 0 Å². The van der Waals surface area contributed by atoms with Crippen LogP contribution in [-0.4, -0.2) is 6.11 Å². The topological polar surface area (TPSA) is 9.23 Å². The molecule has 0 aromatic rings. The highest BCUT2D eigenvalue weighted by Crippen LogP contribution is 2.45. The zero-order valence-electron chi connectivity index (χ0n) is 19.9. The van der Waals surface area contributed by atoms with Crippen molar-refractivity contribution in [3.63, 3.8) is 0 Å². The quantitative estimate of drug-likeness (QED) is 0.442. The summed E-state index contributed by atoms with van der Waals surface area (Å²) in [4.78, 5) is 0. The Labute approximate surface area is 186 Å². The van der Waals surface area contributed by atoms with Gasteiger partial charge in [0.1, 0.15) is 5.76 Å². The fourth-order valence-corrected chi connectivity index (χ4v) is 4.59. The molecule has 3 rings (SSSR count). The van der Waals surface area contributed by atoms with E-state index in [0.29, 0.717) is 0 Å². The highest BCUT2D eigenvalue weighted by atomic mass is 19.3. The van der Waals surface area contributed by atoms with Crippen molar-refractivity contribution < 1.29 is 13.5 Å². The first-order chi connectivity index (χ1) is 14.1. The van der Waals surface area contributed by atoms with E-state index in [4.69, 9.17) is 4.74 Å². The fourth-order valence-electron chi connectivity index (χ4n) is 4.59. The molecular weight excluding hydrogens is 390 g/mol. The van der Waals surface area contributed by atoms with Crippen LogP contribution in [0.3, 0.4) is 0 Å². The van der Waals surface area contributed by atoms with Crippen LogP contribution in [-0.2, 0) is 4.74 Å². The molecule has 0 bridgehead atoms. The average molecular weight is 425 g/mol. The highest BCUT2D eigenvalue weighted by Gasteiger charge is 2.40. The first-order valence-corrected chi connectivity index (χ1v) is 10.8. The van der Waals surface area contributed by atoms with Crippen LogP contribution in [0.25, 0.3) is 0 Å². The second-order valence-electron chi connectivity index (χ2n) is 10.7. The second-order valence-corrected chi connectivity index (χ2v) is 10.7. The summed E-state index contributed by atoms with van der Waals surface area (Å²) < 4.78 is 36.1. The smallest absolute Gasteiger partial charge is 0.426 e. The van der Waals surface area contributed by atoms with Gasteiger partial charge in [-0.25, -0.2) is 0 Å². The minimum atomic E-state index is -3.46. The van der Waals surface area contributed by atoms with Gasteiger partial charge in [-0.15, -0.1) is 0 Å². The van der Waals surface area contributed by atoms with Gasteiger partial charge in [-0.05, 0) is 43.2 Å². The lowest BCUT2D eigenvalue weighted by Gasteiger charge is -2.29. The van der Waals surface area contributed by atoms with Gasteiger partial charge in [0.15, 0.2) is 0 Å². The van der Waals surface area contributed by atoms with E-state index < -0.39 is 11.5 Å². The van der Waals surface area contributed by atoms with Crippen molar-refractivity contribution in [3.05, 3.63) is 94.4 Å². The van der Waals surface area contributed by atoms with Gasteiger partial charge in [-0.2, -0.15) is 8.78 Å². The number of hydrogen-bond acceptors (Lipinski definition) is 1. The Morgan fingerprint density at radius 2 is 1.32 bits per heavy atom. The lowest BCUT2D eigenvalue weighted by atomic mass is 9.76. The van der Waals surface area contributed by atoms with E-state index in [1.165, 1.54) is 6.08 Å². The molecule has 0 amide bonds. The molecule has 0 spiro atoms. The van der Waals surface area contributed by atoms with Gasteiger partial charge in [-0.1, -0.05) is 95.2 Å². The summed E-state index contributed by atoms with van der Waals surface area (Å²) >= 11 is 0. The van der Waals surface area contributed by atoms with Crippen LogP contribution in [0.1, 0.15) is 55.4 Å². The van der Waals surface area contributed by atoms with E-state index in [9.17, 15) is 0 Å². The van der Waals surface area contributed by atoms with Crippen LogP contribution in [0.15, 0.2) is 94.4 Å². The molecule has 0 aromatic heterocycles. The Bertz CT molecular complexity index is 1020. The number of halogens is 2. The molecule has 31 heavy (non-hydrogen) atoms. The van der Waals surface area contributed by atoms with Gasteiger partial charge in [0.05, 0.1) is 5.57 Å². The van der Waals surface area contributed by atoms with Crippen molar-refractivity contribution in [2.75, 3.05) is 0 Å². The summed E-state index contributed by atoms with van der Waals surface area (Å²) in [5, 5.41) is 0. The molecule has 0 unspecified atom stereocenters. The number of ether oxygens (including phenoxy) is 1. The van der Waals surface area contributed by atoms with Gasteiger partial charge in [-0.3, -0.25) is 0 Å². The lowest BCUT2D eigenvalue weighted by Crippen LogP contribution is -2.25. The van der Waals surface area contributed by atoms with Gasteiger partial charge >= 0.3 is 6.11 Å². The van der Waals surface area contributed by atoms with Crippen LogP contribution >= 0.6 is 0 Å². The summed E-state index contributed by atoms with van der Waals surface area (Å²) in [6.07, 6.45) is 15.1. The van der Waals surface area contributed by atoms with E-state index in [1.807, 2.05) is 53.7 Å². The van der Waals surface area contributed by atoms with E-state index >= 15 is 8.78 Å². The zero-order valence-corrected chi connectivity index (χ0v) is 19.9. The summed E-state index contributed by atoms with van der Waals surface area (Å²) in [5.41, 5.74) is 2.89. The van der Waals surface area contributed by atoms with Crippen molar-refractivity contribution in [2.24, 2.45) is 16.2 Å². The third-order valence-electron chi connectivity index (χ3n) is 5.67. The van der Waals surface area contributed by atoms with E-state index in [2.05, 4.69) is 32.1 Å². The van der Waals surface area contributed by atoms with Crippen molar-refractivity contribution in [1.82, 2.24) is 0 Å². The standard InChI is InChI=1S/C28H34F2O/c1-19-9-12-23(17-25(3,4)14-19)31-28(29,30)22-11-10-21-13-20(2)15-26(5,6)18-24(21)27(7,8)16-22/h9-18H,1-8H3. The maximum Gasteiger partial charge on any atom is 0.426 e. The molecular formula is C28H34F2O. The molecule has 1 nitrogen and oxygen atoms in total. The molecule has 0 N–H and O–H groups in total. The summed E-state index contributed by atoms with van der Waals surface area (Å²) in [7, 11) is 0. The monoisotopic (exact) mass is 424 g/mol. The molecule has 3 aliphatic rings. The van der Waals surface area contributed by atoms with E-state index in [-0.39, 0.29) is 22.2 Å². The van der Waals surface area contributed by atoms with Crippen LogP contribution in [0.5, 0.6) is 0 Å². The van der Waals surface area contributed by atoms with Gasteiger partial charge in [0.25, 0.3) is 0 Å². The minimum Gasteiger partial charge on any atom is -0.429 e. The van der Waals surface area contributed by atoms with Crippen molar-refractivity contribution in [3.8, 4) is 0 Å². The molecule has 0 saturated heterocycles. The minimum absolute atomic E-state index is 0.132. The van der Waals surface area contributed by atoms with Gasteiger partial charge in [0.2, 0.25) is 0 Å². The molecule has 0 aliphatic heterocycles. The molecule has 166 valence electrons. The Hall–Kier alpha value is -2.42. The van der Waals surface area contributed by atoms with Crippen molar-refractivity contribution in [1.29, 1.82) is 0 Å². The van der Waals surface area contributed by atoms with Gasteiger partial charge in [0, 0.05) is 16.2 Å². The summed E-state index contributed by atoms with van der Waals surface area (Å²) in [5.74, 6) is 0.173. The molecule has 0 atom stereocenters. The van der Waals surface area contributed by atoms with E-state index in [0.717, 1.165) is 22.3 Å². The first kappa shape index (κ1) is 23.2. The number of allylic oxidation sites excluding steroid dienone is 13. The third-order valence-corrected chi connectivity index (χ3v) is 5.67. The predicted molar refractivity (Wildman–Crippen MR) is 126 cm³/mol. The maximum atomic E-state index is 15.4. The average Bonchev–Trinajstić information content (AvgIpc) is 2.83. The Morgan fingerprint density at radius 3 is 2.00 bits per heavy atom. The first-order valence-electron chi connectivity index (χ1n) is 10.8. The molecule has 3 aliphatic carbocycles. The lowest BCUT2D eigenvalue weighted by molar-refractivity contribution is -0.177. The Morgan fingerprint density at radius 1 is 0.710 bits per heavy atom. The van der Waals surface area contributed by atoms with Crippen molar-refractivity contribution in [2.45, 2.75) is 61.5 Å². The largest absolute Gasteiger partial charge is 0.429 e. The SMILES string of the molecule is CC1=CC(C)(C)C=C(OC(F)(F)C2=CC(C)(C)C3=CC(C)(C)C=C(C)C=C3C=C2)C=C1. The number of rotatable bonds is 3. The Balaban J connectivity index is 2.02. The zero-order chi connectivity index (χ0) is 23.2. The summed E-state index contributed by atoms with van der Waals surface area (Å²) in [6, 6.07) is 0. The third kappa shape index (κ3) is 5.44. The molecule has 0 fully saturated rings. The molecule has 0 saturated carbocycles. The van der Waals surface area contributed by atoms with Crippen molar-refractivity contribution >= 4 is 0 Å². The summed E-state index contributed by atoms with van der Waals surface area (Å²) in [6.45, 7) is 16.2. The van der Waals surface area contributed by atoms with E-state index in [1.54, 1.807) is 24.3 Å². The highest BCUT2D eigenvalue weighted by molar-refractivity contribution is 5.56. The van der Waals surface area contributed by atoms with Crippen LogP contribution < -0.4 is 0 Å². The molecule has 0 radical (unpaired) electrons. The molecule has 0 aromatic carbocycles. The predicted octanol–water partition coefficient (Wildman–Crippen LogP) is 8.38. The fraction of sp³-hybridized carbons (Fsp3) is 0.429. The van der Waals surface area contributed by atoms with Gasteiger partial charge < -0.3 is 4.74 Å². The second kappa shape index (κ2) is 7.62. The van der Waals surface area contributed by atoms with Crippen LogP contribution in [0.4, 0.5) is 8.78 Å². The normalized spacial score (nSPS) is 24.2. The molecule has 0 heterocycles. The Kier molecular flexibility index (Phi) is 5.71. The number of fused-ring (bicyclic) bond motifs is 1. The van der Waals surface area contributed by atoms with Crippen LogP contribution in [0, 0.1) is 16.2 Å². The molecule has 3 heteroatoms. The number of alkyl halides is 2. The number of hydrogen-bond donors (Lipinski definition) is 0.